The van der Waals surface area contributed by atoms with Crippen LogP contribution in [0.25, 0.3) is 16.7 Å². The number of fused-ring (bicyclic) bond motifs is 1. The summed E-state index contributed by atoms with van der Waals surface area (Å²) in [6.45, 7) is 0.877. The van der Waals surface area contributed by atoms with Crippen LogP contribution in [0, 0.1) is 10.1 Å². The molecule has 0 aliphatic carbocycles. The fraction of sp³-hybridized carbons (Fsp3) is 0.120. The monoisotopic (exact) mass is 483 g/mol. The number of carbonyl (C=O) groups is 1. The summed E-state index contributed by atoms with van der Waals surface area (Å²) in [5.41, 5.74) is 2.39. The molecular formula is C25H21N7O4. The van der Waals surface area contributed by atoms with E-state index in [9.17, 15) is 19.7 Å². The third-order valence-corrected chi connectivity index (χ3v) is 5.76. The predicted octanol–water partition coefficient (Wildman–Crippen LogP) is 2.77. The maximum Gasteiger partial charge on any atom is 0.269 e. The van der Waals surface area contributed by atoms with Gasteiger partial charge < -0.3 is 9.88 Å². The number of amides is 1. The Balaban J connectivity index is 1.22. The highest BCUT2D eigenvalue weighted by Gasteiger charge is 2.12. The van der Waals surface area contributed by atoms with Crippen LogP contribution in [0.15, 0.2) is 90.4 Å². The zero-order chi connectivity index (χ0) is 25.1. The van der Waals surface area contributed by atoms with E-state index in [0.717, 1.165) is 11.3 Å². The van der Waals surface area contributed by atoms with E-state index >= 15 is 0 Å². The van der Waals surface area contributed by atoms with Crippen molar-refractivity contribution in [1.82, 2.24) is 29.2 Å². The molecule has 0 fully saturated rings. The molecule has 0 radical (unpaired) electrons. The summed E-state index contributed by atoms with van der Waals surface area (Å²) in [5, 5.41) is 18.3. The first-order valence-corrected chi connectivity index (χ1v) is 11.2. The van der Waals surface area contributed by atoms with Gasteiger partial charge >= 0.3 is 0 Å². The Kier molecular flexibility index (Phi) is 6.10. The van der Waals surface area contributed by atoms with Gasteiger partial charge in [0.1, 0.15) is 11.7 Å². The molecule has 0 unspecified atom stereocenters. The van der Waals surface area contributed by atoms with Crippen LogP contribution in [-0.2, 0) is 13.1 Å². The summed E-state index contributed by atoms with van der Waals surface area (Å²) < 4.78 is 4.95. The van der Waals surface area contributed by atoms with Crippen LogP contribution < -0.4 is 10.9 Å². The summed E-state index contributed by atoms with van der Waals surface area (Å²) in [4.78, 5) is 40.1. The molecule has 0 bridgehead atoms. The van der Waals surface area contributed by atoms with Gasteiger partial charge in [-0.25, -0.2) is 9.67 Å². The molecule has 180 valence electrons. The van der Waals surface area contributed by atoms with E-state index < -0.39 is 4.92 Å². The zero-order valence-electron chi connectivity index (χ0n) is 19.0. The van der Waals surface area contributed by atoms with Gasteiger partial charge in [-0.1, -0.05) is 12.1 Å². The van der Waals surface area contributed by atoms with Gasteiger partial charge in [0.05, 0.1) is 24.2 Å². The molecule has 0 atom stereocenters. The molecule has 0 spiro atoms. The van der Waals surface area contributed by atoms with Crippen molar-refractivity contribution in [2.24, 2.45) is 0 Å². The van der Waals surface area contributed by atoms with Crippen molar-refractivity contribution in [3.8, 4) is 5.69 Å². The molecule has 2 aromatic carbocycles. The second kappa shape index (κ2) is 9.66. The van der Waals surface area contributed by atoms with Crippen molar-refractivity contribution >= 4 is 22.6 Å². The highest BCUT2D eigenvalue weighted by Crippen LogP contribution is 2.13. The number of nitrogens with zero attached hydrogens (tertiary/aromatic N) is 6. The van der Waals surface area contributed by atoms with Gasteiger partial charge in [0.15, 0.2) is 5.65 Å². The molecule has 5 rings (SSSR count). The van der Waals surface area contributed by atoms with Gasteiger partial charge in [-0.3, -0.25) is 24.3 Å². The molecule has 0 aliphatic heterocycles. The van der Waals surface area contributed by atoms with Crippen molar-refractivity contribution in [3.63, 3.8) is 0 Å². The van der Waals surface area contributed by atoms with E-state index in [-0.39, 0.29) is 23.7 Å². The molecule has 3 heterocycles. The van der Waals surface area contributed by atoms with Crippen LogP contribution in [0.1, 0.15) is 15.9 Å². The smallest absolute Gasteiger partial charge is 0.269 e. The zero-order valence-corrected chi connectivity index (χ0v) is 19.0. The summed E-state index contributed by atoms with van der Waals surface area (Å²) in [7, 11) is 0. The quantitative estimate of drug-likeness (QED) is 0.267. The number of nitrogens with one attached hydrogen (secondary N) is 1. The molecule has 11 heteroatoms. The highest BCUT2D eigenvalue weighted by molar-refractivity contribution is 5.94. The second-order valence-electron chi connectivity index (χ2n) is 8.10. The maximum atomic E-state index is 12.9. The van der Waals surface area contributed by atoms with E-state index in [1.54, 1.807) is 28.9 Å². The van der Waals surface area contributed by atoms with Crippen LogP contribution >= 0.6 is 0 Å². The van der Waals surface area contributed by atoms with Crippen molar-refractivity contribution in [1.29, 1.82) is 0 Å². The minimum atomic E-state index is -0.471. The minimum absolute atomic E-state index is 0.0120. The first-order chi connectivity index (χ1) is 17.5. The molecule has 0 saturated carbocycles. The molecule has 11 nitrogen and oxygen atoms in total. The summed E-state index contributed by atoms with van der Waals surface area (Å²) >= 11 is 0. The maximum absolute atomic E-state index is 12.9. The molecule has 1 N–H and O–H groups in total. The number of hydrogen-bond donors (Lipinski definition) is 1. The van der Waals surface area contributed by atoms with E-state index in [4.69, 9.17) is 0 Å². The van der Waals surface area contributed by atoms with Crippen LogP contribution in [0.3, 0.4) is 0 Å². The molecule has 36 heavy (non-hydrogen) atoms. The fourth-order valence-electron chi connectivity index (χ4n) is 3.86. The Bertz CT molecular complexity index is 1580. The molecule has 3 aromatic heterocycles. The van der Waals surface area contributed by atoms with Crippen LogP contribution in [0.2, 0.25) is 0 Å². The Labute approximate surface area is 204 Å². The SMILES string of the molecule is O=C(NCCn1ncc2c(=O)n(Cc3ccc([N+](=O)[O-])cc3)cnc21)c1ccc(-n2cccc2)cc1. The third kappa shape index (κ3) is 4.62. The number of nitro benzene ring substituents is 1. The van der Waals surface area contributed by atoms with Gasteiger partial charge in [-0.2, -0.15) is 5.10 Å². The molecular weight excluding hydrogens is 462 g/mol. The molecule has 1 amide bonds. The van der Waals surface area contributed by atoms with E-state index in [1.807, 2.05) is 41.2 Å². The molecule has 0 aliphatic rings. The van der Waals surface area contributed by atoms with E-state index in [1.165, 1.54) is 29.2 Å². The highest BCUT2D eigenvalue weighted by atomic mass is 16.6. The molecule has 0 saturated heterocycles. The van der Waals surface area contributed by atoms with Crippen LogP contribution in [0.5, 0.6) is 0 Å². The van der Waals surface area contributed by atoms with Gasteiger partial charge in [0, 0.05) is 42.3 Å². The Morgan fingerprint density at radius 2 is 1.75 bits per heavy atom. The van der Waals surface area contributed by atoms with Crippen LogP contribution in [0.4, 0.5) is 5.69 Å². The van der Waals surface area contributed by atoms with E-state index in [2.05, 4.69) is 15.4 Å². The lowest BCUT2D eigenvalue weighted by atomic mass is 10.2. The first-order valence-electron chi connectivity index (χ1n) is 11.2. The fourth-order valence-corrected chi connectivity index (χ4v) is 3.86. The first kappa shape index (κ1) is 22.7. The Morgan fingerprint density at radius 1 is 1.03 bits per heavy atom. The number of benzene rings is 2. The molecule has 5 aromatic rings. The van der Waals surface area contributed by atoms with Gasteiger partial charge in [0.25, 0.3) is 17.2 Å². The minimum Gasteiger partial charge on any atom is -0.350 e. The summed E-state index contributed by atoms with van der Waals surface area (Å²) in [6.07, 6.45) is 6.75. The number of non-ortho nitro benzene ring substituents is 1. The average molecular weight is 483 g/mol. The van der Waals surface area contributed by atoms with Gasteiger partial charge in [-0.15, -0.1) is 0 Å². The van der Waals surface area contributed by atoms with Crippen molar-refractivity contribution in [3.05, 3.63) is 117 Å². The normalized spacial score (nSPS) is 11.0. The number of rotatable bonds is 8. The Hall–Kier alpha value is -5.06. The lowest BCUT2D eigenvalue weighted by Crippen LogP contribution is -2.27. The lowest BCUT2D eigenvalue weighted by Gasteiger charge is -2.08. The number of nitro groups is 1. The second-order valence-corrected chi connectivity index (χ2v) is 8.10. The summed E-state index contributed by atoms with van der Waals surface area (Å²) in [5.74, 6) is -0.205. The third-order valence-electron chi connectivity index (χ3n) is 5.76. The van der Waals surface area contributed by atoms with E-state index in [0.29, 0.717) is 29.7 Å². The predicted molar refractivity (Wildman–Crippen MR) is 132 cm³/mol. The number of hydrogen-bond acceptors (Lipinski definition) is 6. The van der Waals surface area contributed by atoms with Gasteiger partial charge in [0.2, 0.25) is 0 Å². The lowest BCUT2D eigenvalue weighted by molar-refractivity contribution is -0.384. The van der Waals surface area contributed by atoms with Crippen molar-refractivity contribution in [2.45, 2.75) is 13.1 Å². The largest absolute Gasteiger partial charge is 0.350 e. The van der Waals surface area contributed by atoms with Crippen molar-refractivity contribution in [2.75, 3.05) is 6.54 Å². The average Bonchev–Trinajstić information content (AvgIpc) is 3.57. The number of aromatic nitrogens is 5. The van der Waals surface area contributed by atoms with Gasteiger partial charge in [-0.05, 0) is 42.0 Å². The van der Waals surface area contributed by atoms with Crippen molar-refractivity contribution < 1.29 is 9.72 Å². The standard InChI is InChI=1S/C25H21N7O4/c33-24(19-5-9-20(10-6-19)29-12-1-2-13-29)26-11-14-31-23-22(15-28-31)25(34)30(17-27-23)16-18-3-7-21(8-4-18)32(35)36/h1-10,12-13,15,17H,11,14,16H2,(H,26,33). The van der Waals surface area contributed by atoms with Crippen LogP contribution in [-0.4, -0.2) is 41.3 Å². The summed E-state index contributed by atoms with van der Waals surface area (Å²) in [6, 6.07) is 17.2. The number of carbonyl (C=O) groups excluding carboxylic acids is 1. The Morgan fingerprint density at radius 3 is 2.44 bits per heavy atom. The topological polar surface area (TPSA) is 130 Å².